The first-order valence-corrected chi connectivity index (χ1v) is 8.37. The van der Waals surface area contributed by atoms with Crippen LogP contribution in [0.2, 0.25) is 0 Å². The molecule has 2 aromatic carbocycles. The third-order valence-electron chi connectivity index (χ3n) is 3.99. The summed E-state index contributed by atoms with van der Waals surface area (Å²) < 4.78 is 58.4. The second kappa shape index (κ2) is 7.34. The van der Waals surface area contributed by atoms with Crippen LogP contribution in [0.1, 0.15) is 5.69 Å². The predicted octanol–water partition coefficient (Wildman–Crippen LogP) is 5.72. The number of fused-ring (bicyclic) bond motifs is 1. The van der Waals surface area contributed by atoms with Crippen molar-refractivity contribution >= 4 is 22.4 Å². The van der Waals surface area contributed by atoms with E-state index in [2.05, 4.69) is 20.3 Å². The van der Waals surface area contributed by atoms with Crippen molar-refractivity contribution in [1.29, 1.82) is 0 Å². The van der Waals surface area contributed by atoms with E-state index < -0.39 is 17.7 Å². The summed E-state index contributed by atoms with van der Waals surface area (Å²) in [5.74, 6) is -0.585. The van der Waals surface area contributed by atoms with Crippen molar-refractivity contribution in [3.8, 4) is 11.5 Å². The van der Waals surface area contributed by atoms with Gasteiger partial charge in [-0.1, -0.05) is 12.1 Å². The van der Waals surface area contributed by atoms with Gasteiger partial charge in [-0.05, 0) is 30.3 Å². The quantitative estimate of drug-likeness (QED) is 0.444. The molecule has 0 radical (unpaired) electrons. The molecule has 0 fully saturated rings. The van der Waals surface area contributed by atoms with Gasteiger partial charge in [0.15, 0.2) is 11.6 Å². The molecular formula is C20H12F4N4O. The highest BCUT2D eigenvalue weighted by Gasteiger charge is 2.32. The molecule has 0 aliphatic carbocycles. The van der Waals surface area contributed by atoms with E-state index in [-0.39, 0.29) is 17.4 Å². The Balaban J connectivity index is 1.57. The summed E-state index contributed by atoms with van der Waals surface area (Å²) >= 11 is 0. The molecule has 0 saturated heterocycles. The maximum Gasteiger partial charge on any atom is 0.433 e. The molecule has 0 atom stereocenters. The zero-order chi connectivity index (χ0) is 20.4. The summed E-state index contributed by atoms with van der Waals surface area (Å²) in [7, 11) is 0. The SMILES string of the molecule is Fc1cc(Nc2nccc(C(F)(F)F)n2)ccc1Oc1cccc2cnccc12. The number of pyridine rings is 1. The number of halogens is 4. The Hall–Kier alpha value is -3.75. The van der Waals surface area contributed by atoms with Crippen molar-refractivity contribution in [2.75, 3.05) is 5.32 Å². The van der Waals surface area contributed by atoms with Crippen LogP contribution in [0.5, 0.6) is 11.5 Å². The minimum atomic E-state index is -4.60. The average Bonchev–Trinajstić information content (AvgIpc) is 2.70. The highest BCUT2D eigenvalue weighted by Crippen LogP contribution is 2.32. The molecular weight excluding hydrogens is 388 g/mol. The molecule has 5 nitrogen and oxygen atoms in total. The second-order valence-corrected chi connectivity index (χ2v) is 5.99. The maximum atomic E-state index is 14.5. The highest BCUT2D eigenvalue weighted by atomic mass is 19.4. The van der Waals surface area contributed by atoms with Gasteiger partial charge in [0.1, 0.15) is 11.4 Å². The van der Waals surface area contributed by atoms with Gasteiger partial charge in [0.25, 0.3) is 0 Å². The Morgan fingerprint density at radius 2 is 1.79 bits per heavy atom. The van der Waals surface area contributed by atoms with Gasteiger partial charge in [0.2, 0.25) is 5.95 Å². The fourth-order valence-electron chi connectivity index (χ4n) is 2.67. The number of hydrogen-bond acceptors (Lipinski definition) is 5. The summed E-state index contributed by atoms with van der Waals surface area (Å²) in [4.78, 5) is 11.1. The van der Waals surface area contributed by atoms with Crippen LogP contribution < -0.4 is 10.1 Å². The molecule has 0 aliphatic heterocycles. The largest absolute Gasteiger partial charge is 0.454 e. The average molecular weight is 400 g/mol. The lowest BCUT2D eigenvalue weighted by atomic mass is 10.1. The van der Waals surface area contributed by atoms with Gasteiger partial charge in [-0.2, -0.15) is 13.2 Å². The number of alkyl halides is 3. The Bertz CT molecular complexity index is 1180. The standard InChI is InChI=1S/C20H12F4N4O/c21-15-10-13(27-19-26-9-7-18(28-19)20(22,23)24)4-5-17(15)29-16-3-1-2-12-11-25-8-6-14(12)16/h1-11H,(H,26,27,28). The summed E-state index contributed by atoms with van der Waals surface area (Å²) in [6.07, 6.45) is -0.355. The van der Waals surface area contributed by atoms with Gasteiger partial charge in [-0.3, -0.25) is 4.98 Å². The zero-order valence-corrected chi connectivity index (χ0v) is 14.6. The minimum absolute atomic E-state index is 0.0372. The number of nitrogens with one attached hydrogen (secondary N) is 1. The summed E-state index contributed by atoms with van der Waals surface area (Å²) in [5, 5.41) is 4.16. The number of anilines is 2. The van der Waals surface area contributed by atoms with Crippen LogP contribution in [-0.4, -0.2) is 15.0 Å². The van der Waals surface area contributed by atoms with Gasteiger partial charge in [0.05, 0.1) is 0 Å². The van der Waals surface area contributed by atoms with E-state index in [0.29, 0.717) is 5.75 Å². The van der Waals surface area contributed by atoms with Gasteiger partial charge in [-0.25, -0.2) is 14.4 Å². The number of aromatic nitrogens is 3. The molecule has 4 rings (SSSR count). The number of nitrogens with zero attached hydrogens (tertiary/aromatic N) is 3. The van der Waals surface area contributed by atoms with Crippen LogP contribution in [0, 0.1) is 5.82 Å². The monoisotopic (exact) mass is 400 g/mol. The van der Waals surface area contributed by atoms with Crippen LogP contribution in [0.3, 0.4) is 0 Å². The second-order valence-electron chi connectivity index (χ2n) is 5.99. The fraction of sp³-hybridized carbons (Fsp3) is 0.0500. The molecule has 9 heteroatoms. The first-order chi connectivity index (χ1) is 13.9. The van der Waals surface area contributed by atoms with Gasteiger partial charge >= 0.3 is 6.18 Å². The summed E-state index contributed by atoms with van der Waals surface area (Å²) in [5.41, 5.74) is -0.919. The lowest BCUT2D eigenvalue weighted by Crippen LogP contribution is -2.10. The molecule has 0 bridgehead atoms. The van der Waals surface area contributed by atoms with Crippen LogP contribution in [0.25, 0.3) is 10.8 Å². The van der Waals surface area contributed by atoms with Crippen LogP contribution in [0.4, 0.5) is 29.2 Å². The van der Waals surface area contributed by atoms with Crippen molar-refractivity contribution in [2.45, 2.75) is 6.18 Å². The van der Waals surface area contributed by atoms with E-state index >= 15 is 0 Å². The molecule has 0 spiro atoms. The van der Waals surface area contributed by atoms with E-state index in [9.17, 15) is 17.6 Å². The summed E-state index contributed by atoms with van der Waals surface area (Å²) in [6.45, 7) is 0. The highest BCUT2D eigenvalue weighted by molar-refractivity contribution is 5.87. The van der Waals surface area contributed by atoms with E-state index in [1.165, 1.54) is 12.1 Å². The normalized spacial score (nSPS) is 11.4. The Kier molecular flexibility index (Phi) is 4.71. The van der Waals surface area contributed by atoms with Crippen molar-refractivity contribution in [3.63, 3.8) is 0 Å². The zero-order valence-electron chi connectivity index (χ0n) is 14.6. The third-order valence-corrected chi connectivity index (χ3v) is 3.99. The van der Waals surface area contributed by atoms with Crippen LogP contribution in [-0.2, 0) is 6.18 Å². The van der Waals surface area contributed by atoms with Crippen LogP contribution >= 0.6 is 0 Å². The molecule has 0 amide bonds. The molecule has 0 saturated carbocycles. The fourth-order valence-corrected chi connectivity index (χ4v) is 2.67. The molecule has 29 heavy (non-hydrogen) atoms. The van der Waals surface area contributed by atoms with Crippen molar-refractivity contribution in [2.24, 2.45) is 0 Å². The smallest absolute Gasteiger partial charge is 0.433 e. The third kappa shape index (κ3) is 4.08. The van der Waals surface area contributed by atoms with E-state index in [1.807, 2.05) is 6.07 Å². The number of hydrogen-bond donors (Lipinski definition) is 1. The molecule has 1 N–H and O–H groups in total. The molecule has 0 aliphatic rings. The molecule has 146 valence electrons. The summed E-state index contributed by atoms with van der Waals surface area (Å²) in [6, 6.07) is 11.7. The first-order valence-electron chi connectivity index (χ1n) is 8.37. The first kappa shape index (κ1) is 18.6. The lowest BCUT2D eigenvalue weighted by molar-refractivity contribution is -0.141. The van der Waals surface area contributed by atoms with Crippen molar-refractivity contribution < 1.29 is 22.3 Å². The topological polar surface area (TPSA) is 59.9 Å². The van der Waals surface area contributed by atoms with Crippen LogP contribution in [0.15, 0.2) is 67.1 Å². The van der Waals surface area contributed by atoms with E-state index in [0.717, 1.165) is 29.1 Å². The van der Waals surface area contributed by atoms with Gasteiger partial charge in [0, 0.05) is 41.1 Å². The Labute approximate surface area is 162 Å². The number of ether oxygens (including phenoxy) is 1. The molecule has 0 unspecified atom stereocenters. The lowest BCUT2D eigenvalue weighted by Gasteiger charge is -2.12. The van der Waals surface area contributed by atoms with Gasteiger partial charge in [-0.15, -0.1) is 0 Å². The Morgan fingerprint density at radius 3 is 2.59 bits per heavy atom. The predicted molar refractivity (Wildman–Crippen MR) is 98.5 cm³/mol. The minimum Gasteiger partial charge on any atom is -0.454 e. The number of benzene rings is 2. The number of rotatable bonds is 4. The van der Waals surface area contributed by atoms with Gasteiger partial charge < -0.3 is 10.1 Å². The molecule has 2 aromatic heterocycles. The van der Waals surface area contributed by atoms with Crippen molar-refractivity contribution in [1.82, 2.24) is 15.0 Å². The Morgan fingerprint density at radius 1 is 0.931 bits per heavy atom. The van der Waals surface area contributed by atoms with E-state index in [1.54, 1.807) is 30.6 Å². The van der Waals surface area contributed by atoms with Crippen molar-refractivity contribution in [3.05, 3.63) is 78.6 Å². The van der Waals surface area contributed by atoms with E-state index in [4.69, 9.17) is 4.74 Å². The molecule has 2 heterocycles. The maximum absolute atomic E-state index is 14.5. The molecule has 4 aromatic rings.